The zero-order valence-corrected chi connectivity index (χ0v) is 11.5. The number of aliphatic carboxylic acids is 1. The number of piperazine rings is 1. The molecule has 2 heterocycles. The number of carboxylic acids is 1. The maximum absolute atomic E-state index is 12.3. The summed E-state index contributed by atoms with van der Waals surface area (Å²) < 4.78 is 0. The third-order valence-corrected chi connectivity index (χ3v) is 4.11. The second-order valence-electron chi connectivity index (χ2n) is 5.40. The molecule has 6 nitrogen and oxygen atoms in total. The van der Waals surface area contributed by atoms with Gasteiger partial charge in [0.2, 0.25) is 0 Å². The Bertz CT molecular complexity index is 340. The lowest BCUT2D eigenvalue weighted by Crippen LogP contribution is -2.52. The van der Waals surface area contributed by atoms with E-state index in [0.29, 0.717) is 13.1 Å². The number of amides is 2. The summed E-state index contributed by atoms with van der Waals surface area (Å²) in [5.41, 5.74) is 0. The lowest BCUT2D eigenvalue weighted by Gasteiger charge is -2.36. The van der Waals surface area contributed by atoms with E-state index >= 15 is 0 Å². The molecule has 2 amide bonds. The van der Waals surface area contributed by atoms with Crippen LogP contribution in [0.5, 0.6) is 0 Å². The van der Waals surface area contributed by atoms with E-state index in [1.165, 1.54) is 0 Å². The van der Waals surface area contributed by atoms with Gasteiger partial charge in [0.05, 0.1) is 0 Å². The molecule has 0 aromatic heterocycles. The van der Waals surface area contributed by atoms with Gasteiger partial charge in [-0.25, -0.2) is 4.79 Å². The van der Waals surface area contributed by atoms with Gasteiger partial charge < -0.3 is 19.8 Å². The van der Waals surface area contributed by atoms with Crippen LogP contribution in [-0.2, 0) is 4.79 Å². The predicted molar refractivity (Wildman–Crippen MR) is 71.0 cm³/mol. The highest BCUT2D eigenvalue weighted by atomic mass is 16.4. The van der Waals surface area contributed by atoms with Crippen LogP contribution in [0.4, 0.5) is 4.79 Å². The summed E-state index contributed by atoms with van der Waals surface area (Å²) in [6.07, 6.45) is 0.986. The molecule has 2 aliphatic heterocycles. The van der Waals surface area contributed by atoms with E-state index in [-0.39, 0.29) is 18.4 Å². The molecule has 1 atom stereocenters. The summed E-state index contributed by atoms with van der Waals surface area (Å²) in [6.45, 7) is 7.91. The third-order valence-electron chi connectivity index (χ3n) is 4.11. The van der Waals surface area contributed by atoms with Gasteiger partial charge in [0.15, 0.2) is 0 Å². The van der Waals surface area contributed by atoms with Gasteiger partial charge in [-0.3, -0.25) is 4.79 Å². The van der Waals surface area contributed by atoms with E-state index in [1.807, 2.05) is 9.80 Å². The number of hydrogen-bond donors (Lipinski definition) is 1. The van der Waals surface area contributed by atoms with E-state index in [4.69, 9.17) is 5.11 Å². The monoisotopic (exact) mass is 269 g/mol. The lowest BCUT2D eigenvalue weighted by molar-refractivity contribution is -0.138. The molecule has 2 rings (SSSR count). The molecule has 2 fully saturated rings. The molecule has 2 saturated heterocycles. The maximum atomic E-state index is 12.3. The molecule has 6 heteroatoms. The number of likely N-dealkylation sites (N-methyl/N-ethyl adjacent to an activating group) is 1. The van der Waals surface area contributed by atoms with Gasteiger partial charge in [0.25, 0.3) is 0 Å². The summed E-state index contributed by atoms with van der Waals surface area (Å²) in [5.74, 6) is -0.644. The van der Waals surface area contributed by atoms with Crippen molar-refractivity contribution in [3.8, 4) is 0 Å². The van der Waals surface area contributed by atoms with E-state index in [0.717, 1.165) is 39.1 Å². The molecule has 0 radical (unpaired) electrons. The minimum Gasteiger partial charge on any atom is -0.481 e. The van der Waals surface area contributed by atoms with Crippen molar-refractivity contribution in [2.45, 2.75) is 19.8 Å². The number of carboxylic acid groups (broad SMARTS) is 1. The minimum absolute atomic E-state index is 0.0867. The van der Waals surface area contributed by atoms with Crippen LogP contribution < -0.4 is 0 Å². The quantitative estimate of drug-likeness (QED) is 0.812. The van der Waals surface area contributed by atoms with E-state index in [9.17, 15) is 9.59 Å². The fraction of sp³-hybridized carbons (Fsp3) is 0.846. The van der Waals surface area contributed by atoms with Gasteiger partial charge in [0.1, 0.15) is 0 Å². The Kier molecular flexibility index (Phi) is 4.63. The molecule has 0 aliphatic carbocycles. The minimum atomic E-state index is -0.768. The first kappa shape index (κ1) is 14.1. The van der Waals surface area contributed by atoms with Crippen LogP contribution in [0.3, 0.4) is 0 Å². The maximum Gasteiger partial charge on any atom is 0.320 e. The van der Waals surface area contributed by atoms with Crippen LogP contribution in [0.2, 0.25) is 0 Å². The van der Waals surface area contributed by atoms with Crippen molar-refractivity contribution >= 4 is 12.0 Å². The Labute approximate surface area is 114 Å². The molecule has 0 aromatic rings. The zero-order valence-electron chi connectivity index (χ0n) is 11.5. The molecule has 0 aromatic carbocycles. The predicted octanol–water partition coefficient (Wildman–Crippen LogP) is 0.540. The van der Waals surface area contributed by atoms with Gasteiger partial charge in [-0.2, -0.15) is 0 Å². The summed E-state index contributed by atoms with van der Waals surface area (Å²) in [7, 11) is 0. The highest BCUT2D eigenvalue weighted by Gasteiger charge is 2.31. The molecule has 2 aliphatic rings. The Hall–Kier alpha value is -1.30. The van der Waals surface area contributed by atoms with Crippen LogP contribution in [-0.4, -0.2) is 77.6 Å². The van der Waals surface area contributed by atoms with Gasteiger partial charge in [-0.05, 0) is 18.9 Å². The number of likely N-dealkylation sites (tertiary alicyclic amines) is 1. The molecular formula is C13H23N3O3. The summed E-state index contributed by atoms with van der Waals surface area (Å²) in [4.78, 5) is 29.0. The number of nitrogens with zero attached hydrogens (tertiary/aromatic N) is 3. The molecule has 108 valence electrons. The smallest absolute Gasteiger partial charge is 0.320 e. The molecule has 19 heavy (non-hydrogen) atoms. The van der Waals surface area contributed by atoms with Crippen LogP contribution in [0.15, 0.2) is 0 Å². The van der Waals surface area contributed by atoms with Gasteiger partial charge >= 0.3 is 12.0 Å². The Morgan fingerprint density at radius 1 is 1.11 bits per heavy atom. The van der Waals surface area contributed by atoms with E-state index in [1.54, 1.807) is 0 Å². The van der Waals surface area contributed by atoms with Gasteiger partial charge in [-0.15, -0.1) is 0 Å². The number of carbonyl (C=O) groups excluding carboxylic acids is 1. The standard InChI is InChI=1S/C13H23N3O3/c1-2-14-5-7-15(8-6-14)13(19)16-4-3-11(10-16)9-12(17)18/h11H,2-10H2,1H3,(H,17,18). The fourth-order valence-electron chi connectivity index (χ4n) is 2.88. The second kappa shape index (κ2) is 6.23. The van der Waals surface area contributed by atoms with Crippen molar-refractivity contribution < 1.29 is 14.7 Å². The first-order valence-corrected chi connectivity index (χ1v) is 7.08. The van der Waals surface area contributed by atoms with Crippen molar-refractivity contribution in [2.75, 3.05) is 45.8 Å². The molecule has 0 bridgehead atoms. The molecule has 1 N–H and O–H groups in total. The fourth-order valence-corrected chi connectivity index (χ4v) is 2.88. The highest BCUT2D eigenvalue weighted by Crippen LogP contribution is 2.21. The van der Waals surface area contributed by atoms with Crippen LogP contribution >= 0.6 is 0 Å². The van der Waals surface area contributed by atoms with Crippen molar-refractivity contribution in [3.63, 3.8) is 0 Å². The molecule has 1 unspecified atom stereocenters. The number of hydrogen-bond acceptors (Lipinski definition) is 3. The summed E-state index contributed by atoms with van der Waals surface area (Å²) in [5, 5.41) is 8.78. The van der Waals surface area contributed by atoms with Crippen molar-refractivity contribution in [1.82, 2.24) is 14.7 Å². The van der Waals surface area contributed by atoms with Gasteiger partial charge in [-0.1, -0.05) is 6.92 Å². The van der Waals surface area contributed by atoms with Crippen molar-refractivity contribution in [1.29, 1.82) is 0 Å². The number of carbonyl (C=O) groups is 2. The van der Waals surface area contributed by atoms with Crippen LogP contribution in [0.25, 0.3) is 0 Å². The summed E-state index contributed by atoms with van der Waals surface area (Å²) in [6, 6.07) is 0.0867. The number of rotatable bonds is 3. The first-order chi connectivity index (χ1) is 9.10. The largest absolute Gasteiger partial charge is 0.481 e. The normalized spacial score (nSPS) is 24.8. The topological polar surface area (TPSA) is 64.1 Å². The molecular weight excluding hydrogens is 246 g/mol. The van der Waals surface area contributed by atoms with Crippen LogP contribution in [0.1, 0.15) is 19.8 Å². The number of urea groups is 1. The highest BCUT2D eigenvalue weighted by molar-refractivity contribution is 5.75. The van der Waals surface area contributed by atoms with E-state index in [2.05, 4.69) is 11.8 Å². The van der Waals surface area contributed by atoms with E-state index < -0.39 is 5.97 Å². The van der Waals surface area contributed by atoms with Crippen LogP contribution in [0, 0.1) is 5.92 Å². The van der Waals surface area contributed by atoms with Crippen molar-refractivity contribution in [2.24, 2.45) is 5.92 Å². The average Bonchev–Trinajstić information content (AvgIpc) is 2.85. The Balaban J connectivity index is 1.80. The third kappa shape index (κ3) is 3.59. The summed E-state index contributed by atoms with van der Waals surface area (Å²) >= 11 is 0. The SMILES string of the molecule is CCN1CCN(C(=O)N2CCC(CC(=O)O)C2)CC1. The Morgan fingerprint density at radius 2 is 1.79 bits per heavy atom. The van der Waals surface area contributed by atoms with Crippen molar-refractivity contribution in [3.05, 3.63) is 0 Å². The first-order valence-electron chi connectivity index (χ1n) is 7.08. The average molecular weight is 269 g/mol. The molecule has 0 saturated carbocycles. The van der Waals surface area contributed by atoms with Gasteiger partial charge in [0, 0.05) is 45.7 Å². The lowest BCUT2D eigenvalue weighted by atomic mass is 10.1. The Morgan fingerprint density at radius 3 is 2.37 bits per heavy atom. The zero-order chi connectivity index (χ0) is 13.8. The molecule has 0 spiro atoms. The second-order valence-corrected chi connectivity index (χ2v) is 5.40.